The number of rotatable bonds is 2. The molecule has 5 heteroatoms. The highest BCUT2D eigenvalue weighted by Crippen LogP contribution is 2.33. The van der Waals surface area contributed by atoms with Gasteiger partial charge in [0.1, 0.15) is 11.4 Å². The zero-order chi connectivity index (χ0) is 11.8. The van der Waals surface area contributed by atoms with Gasteiger partial charge in [0.15, 0.2) is 0 Å². The van der Waals surface area contributed by atoms with Crippen LogP contribution in [0.25, 0.3) is 0 Å². The highest BCUT2D eigenvalue weighted by atomic mass is 16.4. The van der Waals surface area contributed by atoms with Gasteiger partial charge in [-0.05, 0) is 32.0 Å². The predicted octanol–water partition coefficient (Wildman–Crippen LogP) is 0.891. The van der Waals surface area contributed by atoms with Crippen LogP contribution in [0.15, 0.2) is 16.5 Å². The molecule has 0 aliphatic carbocycles. The van der Waals surface area contributed by atoms with Gasteiger partial charge in [0.25, 0.3) is 0 Å². The van der Waals surface area contributed by atoms with Crippen molar-refractivity contribution in [1.82, 2.24) is 4.90 Å². The molecule has 1 saturated heterocycles. The summed E-state index contributed by atoms with van der Waals surface area (Å²) in [4.78, 5) is 12.8. The van der Waals surface area contributed by atoms with E-state index in [1.807, 2.05) is 7.05 Å². The molecule has 0 aromatic carbocycles. The van der Waals surface area contributed by atoms with Gasteiger partial charge < -0.3 is 19.5 Å². The summed E-state index contributed by atoms with van der Waals surface area (Å²) in [6.07, 6.45) is 1.13. The molecule has 2 N–H and O–H groups in total. The van der Waals surface area contributed by atoms with Crippen molar-refractivity contribution in [3.8, 4) is 0 Å². The Morgan fingerprint density at radius 3 is 2.56 bits per heavy atom. The molecule has 1 fully saturated rings. The summed E-state index contributed by atoms with van der Waals surface area (Å²) in [5, 5.41) is 19.1. The smallest absolute Gasteiger partial charge is 0.371 e. The standard InChI is InChI=1S/C11H15NO4/c1-12-6-4-11(15,5-7-12)9-3-2-8(16-9)10(13)14/h2-3,15H,4-7H2,1H3,(H,13,14). The van der Waals surface area contributed by atoms with Crippen LogP contribution >= 0.6 is 0 Å². The van der Waals surface area contributed by atoms with E-state index in [0.717, 1.165) is 13.1 Å². The minimum Gasteiger partial charge on any atom is -0.475 e. The van der Waals surface area contributed by atoms with Gasteiger partial charge in [0.05, 0.1) is 0 Å². The van der Waals surface area contributed by atoms with Crippen molar-refractivity contribution in [2.45, 2.75) is 18.4 Å². The Morgan fingerprint density at radius 1 is 1.44 bits per heavy atom. The lowest BCUT2D eigenvalue weighted by molar-refractivity contribution is -0.0377. The summed E-state index contributed by atoms with van der Waals surface area (Å²) in [7, 11) is 1.99. The van der Waals surface area contributed by atoms with Gasteiger partial charge in [-0.1, -0.05) is 0 Å². The molecule has 2 rings (SSSR count). The molecular formula is C11H15NO4. The van der Waals surface area contributed by atoms with Crippen LogP contribution in [0.2, 0.25) is 0 Å². The average Bonchev–Trinajstić information content (AvgIpc) is 2.72. The van der Waals surface area contributed by atoms with E-state index in [-0.39, 0.29) is 5.76 Å². The Labute approximate surface area is 93.3 Å². The second kappa shape index (κ2) is 3.92. The maximum atomic E-state index is 10.7. The van der Waals surface area contributed by atoms with E-state index in [1.165, 1.54) is 6.07 Å². The first-order valence-corrected chi connectivity index (χ1v) is 5.26. The first-order chi connectivity index (χ1) is 7.51. The number of hydrogen-bond acceptors (Lipinski definition) is 4. The molecule has 1 aliphatic rings. The van der Waals surface area contributed by atoms with Crippen molar-refractivity contribution >= 4 is 5.97 Å². The van der Waals surface area contributed by atoms with Gasteiger partial charge in [-0.2, -0.15) is 0 Å². The lowest BCUT2D eigenvalue weighted by Crippen LogP contribution is -2.40. The van der Waals surface area contributed by atoms with Crippen molar-refractivity contribution < 1.29 is 19.4 Å². The van der Waals surface area contributed by atoms with E-state index in [9.17, 15) is 9.90 Å². The van der Waals surface area contributed by atoms with E-state index < -0.39 is 11.6 Å². The number of nitrogens with zero attached hydrogens (tertiary/aromatic N) is 1. The molecule has 0 unspecified atom stereocenters. The SMILES string of the molecule is CN1CCC(O)(c2ccc(C(=O)O)o2)CC1. The molecule has 0 bridgehead atoms. The molecule has 5 nitrogen and oxygen atoms in total. The number of carboxylic acid groups (broad SMARTS) is 1. The summed E-state index contributed by atoms with van der Waals surface area (Å²) in [6.45, 7) is 1.55. The third-order valence-corrected chi connectivity index (χ3v) is 3.09. The van der Waals surface area contributed by atoms with Gasteiger partial charge in [0, 0.05) is 13.1 Å². The first kappa shape index (κ1) is 11.2. The number of piperidine rings is 1. The van der Waals surface area contributed by atoms with Gasteiger partial charge in [-0.25, -0.2) is 4.79 Å². The van der Waals surface area contributed by atoms with Crippen molar-refractivity contribution in [2.75, 3.05) is 20.1 Å². The van der Waals surface area contributed by atoms with Crippen LogP contribution in [0.3, 0.4) is 0 Å². The van der Waals surface area contributed by atoms with E-state index in [2.05, 4.69) is 4.90 Å². The second-order valence-corrected chi connectivity index (χ2v) is 4.30. The number of carbonyl (C=O) groups is 1. The van der Waals surface area contributed by atoms with Crippen LogP contribution in [0.5, 0.6) is 0 Å². The molecule has 0 atom stereocenters. The number of aliphatic hydroxyl groups is 1. The molecule has 88 valence electrons. The fourth-order valence-electron chi connectivity index (χ4n) is 1.94. The second-order valence-electron chi connectivity index (χ2n) is 4.30. The van der Waals surface area contributed by atoms with Crippen molar-refractivity contribution in [2.24, 2.45) is 0 Å². The Bertz CT molecular complexity index is 390. The summed E-state index contributed by atoms with van der Waals surface area (Å²) in [5.41, 5.74) is -1.01. The fraction of sp³-hybridized carbons (Fsp3) is 0.545. The molecule has 1 aliphatic heterocycles. The number of aromatic carboxylic acids is 1. The van der Waals surface area contributed by atoms with Crippen LogP contribution in [-0.2, 0) is 5.60 Å². The molecule has 16 heavy (non-hydrogen) atoms. The topological polar surface area (TPSA) is 73.9 Å². The zero-order valence-corrected chi connectivity index (χ0v) is 9.14. The summed E-state index contributed by atoms with van der Waals surface area (Å²) >= 11 is 0. The molecule has 0 radical (unpaired) electrons. The first-order valence-electron chi connectivity index (χ1n) is 5.26. The van der Waals surface area contributed by atoms with E-state index in [1.54, 1.807) is 6.07 Å². The summed E-state index contributed by atoms with van der Waals surface area (Å²) < 4.78 is 5.15. The zero-order valence-electron chi connectivity index (χ0n) is 9.14. The molecule has 1 aromatic heterocycles. The molecule has 0 saturated carbocycles. The average molecular weight is 225 g/mol. The maximum Gasteiger partial charge on any atom is 0.371 e. The molecule has 2 heterocycles. The van der Waals surface area contributed by atoms with Crippen LogP contribution in [0.1, 0.15) is 29.2 Å². The van der Waals surface area contributed by atoms with Crippen molar-refractivity contribution in [1.29, 1.82) is 0 Å². The van der Waals surface area contributed by atoms with Gasteiger partial charge in [-0.15, -0.1) is 0 Å². The van der Waals surface area contributed by atoms with E-state index in [0.29, 0.717) is 18.6 Å². The number of hydrogen-bond donors (Lipinski definition) is 2. The quantitative estimate of drug-likeness (QED) is 0.782. The maximum absolute atomic E-state index is 10.7. The third kappa shape index (κ3) is 1.96. The van der Waals surface area contributed by atoms with Gasteiger partial charge >= 0.3 is 5.97 Å². The van der Waals surface area contributed by atoms with Gasteiger partial charge in [0.2, 0.25) is 5.76 Å². The lowest BCUT2D eigenvalue weighted by atomic mass is 9.89. The van der Waals surface area contributed by atoms with Crippen molar-refractivity contribution in [3.63, 3.8) is 0 Å². The predicted molar refractivity (Wildman–Crippen MR) is 56.3 cm³/mol. The molecule has 0 spiro atoms. The Balaban J connectivity index is 2.19. The normalized spacial score (nSPS) is 20.9. The molecular weight excluding hydrogens is 210 g/mol. The minimum atomic E-state index is -1.11. The van der Waals surface area contributed by atoms with Crippen molar-refractivity contribution in [3.05, 3.63) is 23.7 Å². The van der Waals surface area contributed by atoms with Crippen LogP contribution in [-0.4, -0.2) is 41.2 Å². The van der Waals surface area contributed by atoms with E-state index in [4.69, 9.17) is 9.52 Å². The highest BCUT2D eigenvalue weighted by molar-refractivity contribution is 5.84. The third-order valence-electron chi connectivity index (χ3n) is 3.09. The molecule has 1 aromatic rings. The van der Waals surface area contributed by atoms with E-state index >= 15 is 0 Å². The van der Waals surface area contributed by atoms with Crippen LogP contribution in [0.4, 0.5) is 0 Å². The van der Waals surface area contributed by atoms with Crippen LogP contribution in [0, 0.1) is 0 Å². The largest absolute Gasteiger partial charge is 0.475 e. The summed E-state index contributed by atoms with van der Waals surface area (Å²) in [6, 6.07) is 2.93. The Hall–Kier alpha value is -1.33. The van der Waals surface area contributed by atoms with Crippen LogP contribution < -0.4 is 0 Å². The minimum absolute atomic E-state index is 0.123. The van der Waals surface area contributed by atoms with Gasteiger partial charge in [-0.3, -0.25) is 0 Å². The number of likely N-dealkylation sites (tertiary alicyclic amines) is 1. The monoisotopic (exact) mass is 225 g/mol. The molecule has 0 amide bonds. The highest BCUT2D eigenvalue weighted by Gasteiger charge is 2.36. The number of furan rings is 1. The Kier molecular flexibility index (Phi) is 2.73. The number of carboxylic acids is 1. The fourth-order valence-corrected chi connectivity index (χ4v) is 1.94. The summed E-state index contributed by atoms with van der Waals surface area (Å²) in [5.74, 6) is -0.872. The Morgan fingerprint density at radius 2 is 2.06 bits per heavy atom. The lowest BCUT2D eigenvalue weighted by Gasteiger charge is -2.34.